The standard InChI is InChI=1S/C17H27NS/c1-14-6-4-7-16(12-14)9-8-15(2)18-13-17(3)10-5-11-19-17/h4,6-7,12,15,18H,5,8-11,13H2,1-3H3. The highest BCUT2D eigenvalue weighted by Gasteiger charge is 2.29. The summed E-state index contributed by atoms with van der Waals surface area (Å²) in [5.74, 6) is 1.34. The number of nitrogens with one attached hydrogen (secondary N) is 1. The van der Waals surface area contributed by atoms with Crippen LogP contribution >= 0.6 is 11.8 Å². The summed E-state index contributed by atoms with van der Waals surface area (Å²) in [5.41, 5.74) is 2.84. The van der Waals surface area contributed by atoms with E-state index < -0.39 is 0 Å². The molecule has 1 aromatic carbocycles. The third-order valence-electron chi connectivity index (χ3n) is 4.07. The molecule has 1 N–H and O–H groups in total. The highest BCUT2D eigenvalue weighted by molar-refractivity contribution is 8.00. The maximum atomic E-state index is 3.73. The first-order chi connectivity index (χ1) is 9.07. The van der Waals surface area contributed by atoms with Crippen LogP contribution in [0.15, 0.2) is 24.3 Å². The Hall–Kier alpha value is -0.470. The van der Waals surface area contributed by atoms with Crippen LogP contribution in [0.4, 0.5) is 0 Å². The number of thioether (sulfide) groups is 1. The molecular weight excluding hydrogens is 250 g/mol. The van der Waals surface area contributed by atoms with Gasteiger partial charge in [0.05, 0.1) is 0 Å². The van der Waals surface area contributed by atoms with Crippen molar-refractivity contribution in [1.29, 1.82) is 0 Å². The van der Waals surface area contributed by atoms with Gasteiger partial charge in [-0.25, -0.2) is 0 Å². The summed E-state index contributed by atoms with van der Waals surface area (Å²) < 4.78 is 0.484. The van der Waals surface area contributed by atoms with E-state index in [1.165, 1.54) is 42.6 Å². The maximum absolute atomic E-state index is 3.73. The van der Waals surface area contributed by atoms with Crippen molar-refractivity contribution in [2.75, 3.05) is 12.3 Å². The zero-order chi connectivity index (χ0) is 13.7. The molecule has 2 unspecified atom stereocenters. The molecular formula is C17H27NS. The molecule has 1 fully saturated rings. The van der Waals surface area contributed by atoms with E-state index in [-0.39, 0.29) is 0 Å². The summed E-state index contributed by atoms with van der Waals surface area (Å²) in [6.07, 6.45) is 5.17. The Morgan fingerprint density at radius 3 is 2.95 bits per heavy atom. The van der Waals surface area contributed by atoms with E-state index in [0.29, 0.717) is 10.8 Å². The van der Waals surface area contributed by atoms with Gasteiger partial charge in [0.15, 0.2) is 0 Å². The van der Waals surface area contributed by atoms with Crippen molar-refractivity contribution in [2.24, 2.45) is 0 Å². The first kappa shape index (κ1) is 14.9. The zero-order valence-electron chi connectivity index (χ0n) is 12.5. The van der Waals surface area contributed by atoms with Crippen molar-refractivity contribution in [2.45, 2.75) is 57.2 Å². The van der Waals surface area contributed by atoms with Gasteiger partial charge in [-0.3, -0.25) is 0 Å². The number of benzene rings is 1. The normalized spacial score (nSPS) is 24.6. The van der Waals surface area contributed by atoms with E-state index in [1.807, 2.05) is 0 Å². The summed E-state index contributed by atoms with van der Waals surface area (Å²) in [6.45, 7) is 8.06. The third kappa shape index (κ3) is 4.85. The minimum atomic E-state index is 0.484. The molecule has 2 heteroatoms. The summed E-state index contributed by atoms with van der Waals surface area (Å²) in [5, 5.41) is 3.73. The van der Waals surface area contributed by atoms with E-state index in [0.717, 1.165) is 6.54 Å². The minimum Gasteiger partial charge on any atom is -0.313 e. The Kier molecular flexibility index (Phi) is 5.35. The van der Waals surface area contributed by atoms with Crippen LogP contribution in [0.5, 0.6) is 0 Å². The molecule has 1 aliphatic rings. The summed E-state index contributed by atoms with van der Waals surface area (Å²) >= 11 is 2.14. The van der Waals surface area contributed by atoms with Gasteiger partial charge in [0.2, 0.25) is 0 Å². The zero-order valence-corrected chi connectivity index (χ0v) is 13.4. The fourth-order valence-corrected chi connectivity index (χ4v) is 3.97. The van der Waals surface area contributed by atoms with Crippen molar-refractivity contribution in [3.05, 3.63) is 35.4 Å². The van der Waals surface area contributed by atoms with Gasteiger partial charge in [-0.15, -0.1) is 0 Å². The van der Waals surface area contributed by atoms with Crippen LogP contribution < -0.4 is 5.32 Å². The summed E-state index contributed by atoms with van der Waals surface area (Å²) in [4.78, 5) is 0. The predicted molar refractivity (Wildman–Crippen MR) is 87.1 cm³/mol. The van der Waals surface area contributed by atoms with Crippen molar-refractivity contribution >= 4 is 11.8 Å². The lowest BCUT2D eigenvalue weighted by molar-refractivity contribution is 0.461. The van der Waals surface area contributed by atoms with Gasteiger partial charge >= 0.3 is 0 Å². The van der Waals surface area contributed by atoms with Gasteiger partial charge in [0.25, 0.3) is 0 Å². The molecule has 19 heavy (non-hydrogen) atoms. The van der Waals surface area contributed by atoms with Gasteiger partial charge in [-0.05, 0) is 57.8 Å². The van der Waals surface area contributed by atoms with E-state index in [1.54, 1.807) is 0 Å². The van der Waals surface area contributed by atoms with Crippen LogP contribution in [-0.4, -0.2) is 23.1 Å². The van der Waals surface area contributed by atoms with E-state index in [9.17, 15) is 0 Å². The van der Waals surface area contributed by atoms with Crippen LogP contribution in [0.2, 0.25) is 0 Å². The molecule has 0 saturated carbocycles. The third-order valence-corrected chi connectivity index (χ3v) is 5.61. The number of hydrogen-bond acceptors (Lipinski definition) is 2. The molecule has 0 bridgehead atoms. The lowest BCUT2D eigenvalue weighted by atomic mass is 10.0. The molecule has 0 aromatic heterocycles. The largest absolute Gasteiger partial charge is 0.313 e. The molecule has 0 amide bonds. The lowest BCUT2D eigenvalue weighted by Crippen LogP contribution is -2.38. The van der Waals surface area contributed by atoms with Crippen molar-refractivity contribution in [3.63, 3.8) is 0 Å². The molecule has 1 heterocycles. The Labute approximate surface area is 122 Å². The lowest BCUT2D eigenvalue weighted by Gasteiger charge is -2.25. The van der Waals surface area contributed by atoms with Gasteiger partial charge in [0, 0.05) is 17.3 Å². The van der Waals surface area contributed by atoms with E-state index in [4.69, 9.17) is 0 Å². The second kappa shape index (κ2) is 6.81. The van der Waals surface area contributed by atoms with Crippen molar-refractivity contribution in [1.82, 2.24) is 5.32 Å². The molecule has 1 saturated heterocycles. The second-order valence-corrected chi connectivity index (χ2v) is 7.89. The first-order valence-corrected chi connectivity index (χ1v) is 8.49. The molecule has 0 spiro atoms. The highest BCUT2D eigenvalue weighted by atomic mass is 32.2. The van der Waals surface area contributed by atoms with Gasteiger partial charge in [0.1, 0.15) is 0 Å². The number of rotatable bonds is 6. The predicted octanol–water partition coefficient (Wildman–Crippen LogP) is 4.19. The quantitative estimate of drug-likeness (QED) is 0.836. The number of aryl methyl sites for hydroxylation is 2. The Morgan fingerprint density at radius 2 is 2.26 bits per heavy atom. The minimum absolute atomic E-state index is 0.484. The van der Waals surface area contributed by atoms with Crippen LogP contribution in [0, 0.1) is 6.92 Å². The van der Waals surface area contributed by atoms with Crippen molar-refractivity contribution in [3.8, 4) is 0 Å². The maximum Gasteiger partial charge on any atom is 0.0256 e. The average Bonchev–Trinajstić information content (AvgIpc) is 2.82. The molecule has 2 rings (SSSR count). The molecule has 106 valence electrons. The highest BCUT2D eigenvalue weighted by Crippen LogP contribution is 2.37. The van der Waals surface area contributed by atoms with Crippen LogP contribution in [0.3, 0.4) is 0 Å². The summed E-state index contributed by atoms with van der Waals surface area (Å²) in [7, 11) is 0. The van der Waals surface area contributed by atoms with E-state index in [2.05, 4.69) is 62.1 Å². The topological polar surface area (TPSA) is 12.0 Å². The first-order valence-electron chi connectivity index (χ1n) is 7.50. The van der Waals surface area contributed by atoms with Crippen LogP contribution in [-0.2, 0) is 6.42 Å². The SMILES string of the molecule is Cc1cccc(CCC(C)NCC2(C)CCCS2)c1. The second-order valence-electron chi connectivity index (χ2n) is 6.21. The molecule has 1 aliphatic heterocycles. The molecule has 2 atom stereocenters. The molecule has 0 radical (unpaired) electrons. The fourth-order valence-electron chi connectivity index (χ4n) is 2.72. The van der Waals surface area contributed by atoms with Crippen LogP contribution in [0.25, 0.3) is 0 Å². The number of hydrogen-bond donors (Lipinski definition) is 1. The monoisotopic (exact) mass is 277 g/mol. The molecule has 0 aliphatic carbocycles. The Morgan fingerprint density at radius 1 is 1.42 bits per heavy atom. The Balaban J connectivity index is 1.71. The van der Waals surface area contributed by atoms with Gasteiger partial charge in [-0.1, -0.05) is 29.8 Å². The smallest absolute Gasteiger partial charge is 0.0256 e. The van der Waals surface area contributed by atoms with E-state index >= 15 is 0 Å². The van der Waals surface area contributed by atoms with Gasteiger partial charge in [-0.2, -0.15) is 11.8 Å². The summed E-state index contributed by atoms with van der Waals surface area (Å²) in [6, 6.07) is 9.50. The molecule has 1 aromatic rings. The molecule has 1 nitrogen and oxygen atoms in total. The van der Waals surface area contributed by atoms with Gasteiger partial charge < -0.3 is 5.32 Å². The average molecular weight is 277 g/mol. The fraction of sp³-hybridized carbons (Fsp3) is 0.647. The van der Waals surface area contributed by atoms with Crippen molar-refractivity contribution < 1.29 is 0 Å². The Bertz CT molecular complexity index is 396. The van der Waals surface area contributed by atoms with Crippen LogP contribution in [0.1, 0.15) is 44.2 Å².